The number of anilines is 1. The Morgan fingerprint density at radius 1 is 1.50 bits per heavy atom. The lowest BCUT2D eigenvalue weighted by molar-refractivity contribution is 0.634. The molecule has 0 aliphatic rings. The van der Waals surface area contributed by atoms with E-state index in [-0.39, 0.29) is 11.4 Å². The molecule has 50 valence electrons. The molecule has 0 aromatic heterocycles. The van der Waals surface area contributed by atoms with E-state index in [1.807, 2.05) is 0 Å². The predicted molar refractivity (Wildman–Crippen MR) is 37.1 cm³/mol. The van der Waals surface area contributed by atoms with Gasteiger partial charge in [-0.3, -0.25) is 0 Å². The molecule has 1 aromatic rings. The molecule has 2 nitrogen and oxygen atoms in total. The lowest BCUT2D eigenvalue weighted by Crippen LogP contribution is -1.85. The van der Waals surface area contributed by atoms with E-state index in [4.69, 9.17) is 12.3 Å². The topological polar surface area (TPSA) is 30.4 Å². The highest BCUT2D eigenvalue weighted by Gasteiger charge is 2.02. The predicted octanol–water partition coefficient (Wildman–Crippen LogP) is 1.96. The first kappa shape index (κ1) is 6.56. The molecule has 1 aromatic carbocycles. The van der Waals surface area contributed by atoms with Gasteiger partial charge in [0.05, 0.1) is 6.57 Å². The van der Waals surface area contributed by atoms with E-state index < -0.39 is 5.82 Å². The average Bonchev–Trinajstić information content (AvgIpc) is 1.88. The molecule has 0 heterocycles. The Hall–Kier alpha value is -1.56. The van der Waals surface area contributed by atoms with E-state index in [0.29, 0.717) is 0 Å². The maximum Gasteiger partial charge on any atom is 0.244 e. The molecule has 1 rings (SSSR count). The summed E-state index contributed by atoms with van der Waals surface area (Å²) in [6, 6.07) is 4.18. The minimum atomic E-state index is -0.560. The van der Waals surface area contributed by atoms with Crippen LogP contribution in [0.5, 0.6) is 0 Å². The molecule has 0 spiro atoms. The third kappa shape index (κ3) is 0.914. The van der Waals surface area contributed by atoms with Gasteiger partial charge in [0.15, 0.2) is 0 Å². The number of nitrogens with two attached hydrogens (primary N) is 1. The van der Waals surface area contributed by atoms with Crippen molar-refractivity contribution in [3.63, 3.8) is 0 Å². The Kier molecular flexibility index (Phi) is 1.55. The highest BCUT2D eigenvalue weighted by molar-refractivity contribution is 5.67. The average molecular weight is 136 g/mol. The number of para-hydroxylation sites is 1. The fourth-order valence-corrected chi connectivity index (χ4v) is 0.650. The van der Waals surface area contributed by atoms with Gasteiger partial charge in [-0.2, -0.15) is 0 Å². The van der Waals surface area contributed by atoms with Crippen molar-refractivity contribution in [3.8, 4) is 0 Å². The summed E-state index contributed by atoms with van der Waals surface area (Å²) >= 11 is 0. The van der Waals surface area contributed by atoms with E-state index in [0.717, 1.165) is 0 Å². The van der Waals surface area contributed by atoms with Crippen molar-refractivity contribution in [3.05, 3.63) is 35.4 Å². The maximum absolute atomic E-state index is 12.6. The molecule has 2 N–H and O–H groups in total. The number of halogens is 1. The Balaban J connectivity index is 3.34. The zero-order chi connectivity index (χ0) is 7.56. The van der Waals surface area contributed by atoms with Gasteiger partial charge in [0, 0.05) is 5.69 Å². The molecule has 10 heavy (non-hydrogen) atoms. The molecule has 0 saturated carbocycles. The first-order valence-corrected chi connectivity index (χ1v) is 2.67. The van der Waals surface area contributed by atoms with Gasteiger partial charge < -0.3 is 5.73 Å². The van der Waals surface area contributed by atoms with Crippen molar-refractivity contribution in [2.24, 2.45) is 0 Å². The Morgan fingerprint density at radius 2 is 2.20 bits per heavy atom. The number of benzene rings is 1. The molecule has 0 unspecified atom stereocenters. The van der Waals surface area contributed by atoms with Gasteiger partial charge in [-0.25, -0.2) is 9.24 Å². The third-order valence-corrected chi connectivity index (χ3v) is 1.13. The zero-order valence-corrected chi connectivity index (χ0v) is 5.13. The van der Waals surface area contributed by atoms with Crippen LogP contribution in [0.1, 0.15) is 0 Å². The largest absolute Gasteiger partial charge is 0.407 e. The third-order valence-electron chi connectivity index (χ3n) is 1.13. The molecule has 0 amide bonds. The van der Waals surface area contributed by atoms with Crippen molar-refractivity contribution >= 4 is 11.4 Å². The second-order valence-corrected chi connectivity index (χ2v) is 1.79. The summed E-state index contributed by atoms with van der Waals surface area (Å²) in [6.07, 6.45) is 0. The van der Waals surface area contributed by atoms with Crippen molar-refractivity contribution in [2.45, 2.75) is 0 Å². The van der Waals surface area contributed by atoms with Crippen LogP contribution in [0.2, 0.25) is 0 Å². The van der Waals surface area contributed by atoms with Crippen LogP contribution >= 0.6 is 0 Å². The van der Waals surface area contributed by atoms with Crippen LogP contribution in [0.4, 0.5) is 15.8 Å². The van der Waals surface area contributed by atoms with Gasteiger partial charge in [-0.05, 0) is 6.07 Å². The normalized spacial score (nSPS) is 8.80. The van der Waals surface area contributed by atoms with Crippen LogP contribution in [0.3, 0.4) is 0 Å². The first-order chi connectivity index (χ1) is 4.75. The molecule has 3 heteroatoms. The molecule has 0 radical (unpaired) electrons. The van der Waals surface area contributed by atoms with Crippen molar-refractivity contribution in [2.75, 3.05) is 5.73 Å². The summed E-state index contributed by atoms with van der Waals surface area (Å²) < 4.78 is 12.6. The van der Waals surface area contributed by atoms with Crippen LogP contribution in [-0.4, -0.2) is 0 Å². The molecule has 0 aliphatic carbocycles. The van der Waals surface area contributed by atoms with E-state index in [9.17, 15) is 4.39 Å². The van der Waals surface area contributed by atoms with Crippen molar-refractivity contribution in [1.82, 2.24) is 0 Å². The van der Waals surface area contributed by atoms with Crippen LogP contribution in [0, 0.1) is 12.4 Å². The Labute approximate surface area is 57.9 Å². The molecular formula is C7H5FN2. The maximum atomic E-state index is 12.6. The van der Waals surface area contributed by atoms with Gasteiger partial charge in [0.25, 0.3) is 0 Å². The van der Waals surface area contributed by atoms with Gasteiger partial charge in [-0.1, -0.05) is 12.1 Å². The van der Waals surface area contributed by atoms with E-state index >= 15 is 0 Å². The summed E-state index contributed by atoms with van der Waals surface area (Å²) in [5, 5.41) is 0. The molecule has 0 saturated heterocycles. The van der Waals surface area contributed by atoms with Crippen molar-refractivity contribution in [1.29, 1.82) is 0 Å². The summed E-state index contributed by atoms with van der Waals surface area (Å²) in [4.78, 5) is 2.92. The summed E-state index contributed by atoms with van der Waals surface area (Å²) in [6.45, 7) is 6.53. The Morgan fingerprint density at radius 3 is 2.60 bits per heavy atom. The second kappa shape index (κ2) is 2.36. The van der Waals surface area contributed by atoms with Gasteiger partial charge in [0.1, 0.15) is 5.82 Å². The summed E-state index contributed by atoms with van der Waals surface area (Å²) in [5.74, 6) is -0.560. The number of hydrogen-bond donors (Lipinski definition) is 1. The fraction of sp³-hybridized carbons (Fsp3) is 0. The minimum absolute atomic E-state index is 0.0949. The monoisotopic (exact) mass is 136 g/mol. The van der Waals surface area contributed by atoms with Crippen molar-refractivity contribution < 1.29 is 4.39 Å². The number of hydrogen-bond acceptors (Lipinski definition) is 1. The van der Waals surface area contributed by atoms with E-state index in [2.05, 4.69) is 4.85 Å². The van der Waals surface area contributed by atoms with E-state index in [1.165, 1.54) is 18.2 Å². The minimum Gasteiger partial charge on any atom is -0.407 e. The lowest BCUT2D eigenvalue weighted by atomic mass is 10.3. The molecule has 0 bridgehead atoms. The highest BCUT2D eigenvalue weighted by Crippen LogP contribution is 2.24. The van der Waals surface area contributed by atoms with Gasteiger partial charge in [0.2, 0.25) is 5.69 Å². The van der Waals surface area contributed by atoms with Gasteiger partial charge >= 0.3 is 0 Å². The number of nitrogen functional groups attached to an aromatic ring is 1. The summed E-state index contributed by atoms with van der Waals surface area (Å²) in [7, 11) is 0. The standard InChI is InChI=1S/C7H5FN2/c1-10-7-5(8)3-2-4-6(7)9/h2-4H,9H2. The molecular weight excluding hydrogens is 131 g/mol. The lowest BCUT2D eigenvalue weighted by Gasteiger charge is -1.95. The Bertz CT molecular complexity index is 268. The highest BCUT2D eigenvalue weighted by atomic mass is 19.1. The zero-order valence-electron chi connectivity index (χ0n) is 5.13. The quantitative estimate of drug-likeness (QED) is 0.429. The van der Waals surface area contributed by atoms with Crippen LogP contribution in [-0.2, 0) is 0 Å². The second-order valence-electron chi connectivity index (χ2n) is 1.79. The van der Waals surface area contributed by atoms with Crippen LogP contribution in [0.15, 0.2) is 18.2 Å². The smallest absolute Gasteiger partial charge is 0.244 e. The molecule has 0 fully saturated rings. The fourth-order valence-electron chi connectivity index (χ4n) is 0.650. The molecule has 0 atom stereocenters. The van der Waals surface area contributed by atoms with Crippen LogP contribution in [0.25, 0.3) is 4.85 Å². The number of rotatable bonds is 0. The molecule has 0 aliphatic heterocycles. The number of nitrogens with zero attached hydrogens (tertiary/aromatic N) is 1. The SMILES string of the molecule is [C-]#[N+]c1c(N)cccc1F. The van der Waals surface area contributed by atoms with Gasteiger partial charge in [-0.15, -0.1) is 0 Å². The van der Waals surface area contributed by atoms with Crippen LogP contribution < -0.4 is 5.73 Å². The first-order valence-electron chi connectivity index (χ1n) is 2.67. The van der Waals surface area contributed by atoms with E-state index in [1.54, 1.807) is 0 Å². The summed E-state index contributed by atoms with van der Waals surface area (Å²) in [5.41, 5.74) is 5.37.